The summed E-state index contributed by atoms with van der Waals surface area (Å²) in [5.41, 5.74) is 1.13. The summed E-state index contributed by atoms with van der Waals surface area (Å²) >= 11 is 5.95. The standard InChI is InChI=1S/C15H22ClN3O/c1-17-15(18-7-8-20-11-12-5-6-12)19-10-13-3-2-4-14(16)9-13/h2-4,9,12H,5-8,10-11H2,1H3,(H2,17,18,19). The van der Waals surface area contributed by atoms with E-state index in [2.05, 4.69) is 15.6 Å². The number of hydrogen-bond acceptors (Lipinski definition) is 2. The molecule has 0 unspecified atom stereocenters. The molecule has 0 amide bonds. The Morgan fingerprint density at radius 1 is 1.40 bits per heavy atom. The summed E-state index contributed by atoms with van der Waals surface area (Å²) in [7, 11) is 1.76. The second-order valence-corrected chi connectivity index (χ2v) is 5.44. The molecule has 110 valence electrons. The van der Waals surface area contributed by atoms with Gasteiger partial charge in [-0.05, 0) is 36.5 Å². The van der Waals surface area contributed by atoms with Crippen LogP contribution in [-0.4, -0.2) is 32.8 Å². The molecular weight excluding hydrogens is 274 g/mol. The van der Waals surface area contributed by atoms with Crippen molar-refractivity contribution in [2.45, 2.75) is 19.4 Å². The van der Waals surface area contributed by atoms with Gasteiger partial charge in [0.15, 0.2) is 5.96 Å². The topological polar surface area (TPSA) is 45.7 Å². The molecule has 0 radical (unpaired) electrons. The van der Waals surface area contributed by atoms with Gasteiger partial charge in [-0.3, -0.25) is 4.99 Å². The molecule has 1 saturated carbocycles. The lowest BCUT2D eigenvalue weighted by atomic mass is 10.2. The largest absolute Gasteiger partial charge is 0.379 e. The van der Waals surface area contributed by atoms with Crippen LogP contribution >= 0.6 is 11.6 Å². The Kier molecular flexibility index (Phi) is 6.15. The Hall–Kier alpha value is -1.26. The second kappa shape index (κ2) is 8.12. The summed E-state index contributed by atoms with van der Waals surface area (Å²) in [5.74, 6) is 1.59. The van der Waals surface area contributed by atoms with E-state index in [9.17, 15) is 0 Å². The normalized spacial score (nSPS) is 15.2. The average molecular weight is 296 g/mol. The summed E-state index contributed by atoms with van der Waals surface area (Å²) in [6, 6.07) is 7.79. The number of nitrogens with zero attached hydrogens (tertiary/aromatic N) is 1. The summed E-state index contributed by atoms with van der Waals surface area (Å²) in [6.45, 7) is 3.08. The number of hydrogen-bond donors (Lipinski definition) is 2. The zero-order chi connectivity index (χ0) is 14.2. The molecule has 0 saturated heterocycles. The minimum atomic E-state index is 0.698. The van der Waals surface area contributed by atoms with E-state index in [4.69, 9.17) is 16.3 Å². The lowest BCUT2D eigenvalue weighted by molar-refractivity contribution is 0.129. The molecule has 1 aromatic carbocycles. The molecule has 0 spiro atoms. The molecule has 20 heavy (non-hydrogen) atoms. The SMILES string of the molecule is CN=C(NCCOCC1CC1)NCc1cccc(Cl)c1. The minimum Gasteiger partial charge on any atom is -0.379 e. The van der Waals surface area contributed by atoms with E-state index in [-0.39, 0.29) is 0 Å². The van der Waals surface area contributed by atoms with Crippen molar-refractivity contribution < 1.29 is 4.74 Å². The van der Waals surface area contributed by atoms with Crippen molar-refractivity contribution >= 4 is 17.6 Å². The fourth-order valence-corrected chi connectivity index (χ4v) is 2.04. The van der Waals surface area contributed by atoms with Gasteiger partial charge in [-0.2, -0.15) is 0 Å². The fourth-order valence-electron chi connectivity index (χ4n) is 1.83. The third-order valence-corrected chi connectivity index (χ3v) is 3.40. The fraction of sp³-hybridized carbons (Fsp3) is 0.533. The maximum absolute atomic E-state index is 5.95. The van der Waals surface area contributed by atoms with Crippen LogP contribution in [0.2, 0.25) is 5.02 Å². The van der Waals surface area contributed by atoms with Gasteiger partial charge in [-0.25, -0.2) is 0 Å². The molecule has 0 heterocycles. The summed E-state index contributed by atoms with van der Waals surface area (Å²) < 4.78 is 5.57. The van der Waals surface area contributed by atoms with Crippen LogP contribution < -0.4 is 10.6 Å². The molecule has 0 aliphatic heterocycles. The maximum atomic E-state index is 5.95. The monoisotopic (exact) mass is 295 g/mol. The molecule has 1 aliphatic rings. The Balaban J connectivity index is 1.61. The molecule has 1 aromatic rings. The maximum Gasteiger partial charge on any atom is 0.191 e. The van der Waals surface area contributed by atoms with Crippen molar-refractivity contribution in [3.63, 3.8) is 0 Å². The minimum absolute atomic E-state index is 0.698. The highest BCUT2D eigenvalue weighted by Gasteiger charge is 2.20. The highest BCUT2D eigenvalue weighted by Crippen LogP contribution is 2.28. The van der Waals surface area contributed by atoms with Crippen molar-refractivity contribution in [1.29, 1.82) is 0 Å². The van der Waals surface area contributed by atoms with Crippen LogP contribution in [0, 0.1) is 5.92 Å². The molecule has 0 atom stereocenters. The molecule has 1 fully saturated rings. The predicted octanol–water partition coefficient (Wildman–Crippen LogP) is 2.43. The van der Waals surface area contributed by atoms with E-state index < -0.39 is 0 Å². The highest BCUT2D eigenvalue weighted by atomic mass is 35.5. The van der Waals surface area contributed by atoms with E-state index in [0.29, 0.717) is 13.2 Å². The number of halogens is 1. The third kappa shape index (κ3) is 5.80. The Morgan fingerprint density at radius 2 is 2.25 bits per heavy atom. The number of guanidine groups is 1. The van der Waals surface area contributed by atoms with Crippen molar-refractivity contribution in [2.75, 3.05) is 26.8 Å². The first kappa shape index (κ1) is 15.1. The van der Waals surface area contributed by atoms with E-state index in [1.165, 1.54) is 12.8 Å². The van der Waals surface area contributed by atoms with Gasteiger partial charge >= 0.3 is 0 Å². The molecular formula is C15H22ClN3O. The van der Waals surface area contributed by atoms with Gasteiger partial charge in [0.2, 0.25) is 0 Å². The number of ether oxygens (including phenoxy) is 1. The Bertz CT molecular complexity index is 446. The van der Waals surface area contributed by atoms with Crippen LogP contribution in [-0.2, 0) is 11.3 Å². The number of benzene rings is 1. The van der Waals surface area contributed by atoms with Crippen LogP contribution in [0.3, 0.4) is 0 Å². The first-order valence-corrected chi connectivity index (χ1v) is 7.42. The third-order valence-electron chi connectivity index (χ3n) is 3.16. The lowest BCUT2D eigenvalue weighted by Gasteiger charge is -2.12. The molecule has 1 aliphatic carbocycles. The van der Waals surface area contributed by atoms with Gasteiger partial charge in [0, 0.05) is 31.8 Å². The van der Waals surface area contributed by atoms with E-state index in [1.807, 2.05) is 24.3 Å². The van der Waals surface area contributed by atoms with E-state index in [0.717, 1.165) is 35.6 Å². The van der Waals surface area contributed by atoms with Crippen molar-refractivity contribution in [1.82, 2.24) is 10.6 Å². The Labute approximate surface area is 125 Å². The van der Waals surface area contributed by atoms with Crippen LogP contribution in [0.4, 0.5) is 0 Å². The van der Waals surface area contributed by atoms with Crippen LogP contribution in [0.15, 0.2) is 29.3 Å². The zero-order valence-corrected chi connectivity index (χ0v) is 12.6. The van der Waals surface area contributed by atoms with Gasteiger partial charge in [0.05, 0.1) is 6.61 Å². The van der Waals surface area contributed by atoms with E-state index in [1.54, 1.807) is 7.05 Å². The second-order valence-electron chi connectivity index (χ2n) is 5.00. The highest BCUT2D eigenvalue weighted by molar-refractivity contribution is 6.30. The lowest BCUT2D eigenvalue weighted by Crippen LogP contribution is -2.38. The van der Waals surface area contributed by atoms with Crippen LogP contribution in [0.25, 0.3) is 0 Å². The number of rotatable bonds is 7. The molecule has 2 N–H and O–H groups in total. The molecule has 0 aromatic heterocycles. The van der Waals surface area contributed by atoms with E-state index >= 15 is 0 Å². The predicted molar refractivity (Wildman–Crippen MR) is 83.2 cm³/mol. The summed E-state index contributed by atoms with van der Waals surface area (Å²) in [4.78, 5) is 4.18. The van der Waals surface area contributed by atoms with Crippen molar-refractivity contribution in [3.05, 3.63) is 34.9 Å². The van der Waals surface area contributed by atoms with Crippen LogP contribution in [0.1, 0.15) is 18.4 Å². The zero-order valence-electron chi connectivity index (χ0n) is 11.9. The van der Waals surface area contributed by atoms with Crippen molar-refractivity contribution in [2.24, 2.45) is 10.9 Å². The molecule has 5 heteroatoms. The first-order chi connectivity index (χ1) is 9.78. The van der Waals surface area contributed by atoms with Gasteiger partial charge in [-0.15, -0.1) is 0 Å². The molecule has 2 rings (SSSR count). The molecule has 0 bridgehead atoms. The number of nitrogens with one attached hydrogen (secondary N) is 2. The molecule has 4 nitrogen and oxygen atoms in total. The van der Waals surface area contributed by atoms with Crippen molar-refractivity contribution in [3.8, 4) is 0 Å². The number of aliphatic imine (C=N–C) groups is 1. The summed E-state index contributed by atoms with van der Waals surface area (Å²) in [5, 5.41) is 7.23. The Morgan fingerprint density at radius 3 is 2.95 bits per heavy atom. The van der Waals surface area contributed by atoms with Gasteiger partial charge < -0.3 is 15.4 Å². The first-order valence-electron chi connectivity index (χ1n) is 7.04. The van der Waals surface area contributed by atoms with Gasteiger partial charge in [0.1, 0.15) is 0 Å². The smallest absolute Gasteiger partial charge is 0.191 e. The van der Waals surface area contributed by atoms with Gasteiger partial charge in [0.25, 0.3) is 0 Å². The summed E-state index contributed by atoms with van der Waals surface area (Å²) in [6.07, 6.45) is 2.66. The van der Waals surface area contributed by atoms with Gasteiger partial charge in [-0.1, -0.05) is 23.7 Å². The quantitative estimate of drug-likeness (QED) is 0.461. The van der Waals surface area contributed by atoms with Crippen LogP contribution in [0.5, 0.6) is 0 Å². The average Bonchev–Trinajstić information content (AvgIpc) is 3.26.